The van der Waals surface area contributed by atoms with Crippen LogP contribution in [0.1, 0.15) is 36.8 Å². The fourth-order valence-electron chi connectivity index (χ4n) is 2.44. The van der Waals surface area contributed by atoms with Crippen LogP contribution < -0.4 is 5.32 Å². The van der Waals surface area contributed by atoms with Crippen molar-refractivity contribution in [2.24, 2.45) is 0 Å². The summed E-state index contributed by atoms with van der Waals surface area (Å²) in [6, 6.07) is 14.5. The van der Waals surface area contributed by atoms with Crippen molar-refractivity contribution in [3.8, 4) is 0 Å². The molecule has 3 unspecified atom stereocenters. The van der Waals surface area contributed by atoms with E-state index in [1.54, 1.807) is 12.3 Å². The molecule has 0 bridgehead atoms. The quantitative estimate of drug-likeness (QED) is 0.779. The standard InChI is InChI=1S/C17H23NO2S/c1-13(11-16(19)17-9-6-10-20-17)18-15(12-21-2)14-7-4-3-5-8-14/h3-10,13,15-16,18-19H,11-12H2,1-2H3. The van der Waals surface area contributed by atoms with Crippen molar-refractivity contribution in [1.29, 1.82) is 0 Å². The van der Waals surface area contributed by atoms with Gasteiger partial charge in [-0.3, -0.25) is 0 Å². The Hall–Kier alpha value is -1.23. The molecule has 0 saturated heterocycles. The fraction of sp³-hybridized carbons (Fsp3) is 0.412. The third-order valence-electron chi connectivity index (χ3n) is 3.47. The molecule has 3 atom stereocenters. The summed E-state index contributed by atoms with van der Waals surface area (Å²) < 4.78 is 5.25. The van der Waals surface area contributed by atoms with Gasteiger partial charge in [0.05, 0.1) is 6.26 Å². The van der Waals surface area contributed by atoms with Crippen LogP contribution >= 0.6 is 11.8 Å². The Kier molecular flexibility index (Phi) is 6.36. The SMILES string of the molecule is CSCC(NC(C)CC(O)c1ccco1)c1ccccc1. The minimum absolute atomic E-state index is 0.197. The van der Waals surface area contributed by atoms with Crippen molar-refractivity contribution in [3.05, 3.63) is 60.1 Å². The number of aliphatic hydroxyl groups is 1. The molecule has 0 saturated carbocycles. The van der Waals surface area contributed by atoms with Crippen molar-refractivity contribution in [2.75, 3.05) is 12.0 Å². The number of benzene rings is 1. The van der Waals surface area contributed by atoms with Crippen LogP contribution in [-0.4, -0.2) is 23.2 Å². The summed E-state index contributed by atoms with van der Waals surface area (Å²) in [5, 5.41) is 13.8. The Bertz CT molecular complexity index is 501. The summed E-state index contributed by atoms with van der Waals surface area (Å²) >= 11 is 1.82. The molecule has 1 aromatic heterocycles. The highest BCUT2D eigenvalue weighted by Gasteiger charge is 2.18. The molecule has 0 aliphatic carbocycles. The van der Waals surface area contributed by atoms with E-state index in [1.165, 1.54) is 5.56 Å². The second-order valence-electron chi connectivity index (χ2n) is 5.25. The van der Waals surface area contributed by atoms with Gasteiger partial charge in [0.25, 0.3) is 0 Å². The number of aliphatic hydroxyl groups excluding tert-OH is 1. The monoisotopic (exact) mass is 305 g/mol. The molecule has 0 fully saturated rings. The second kappa shape index (κ2) is 8.27. The second-order valence-corrected chi connectivity index (χ2v) is 6.16. The minimum Gasteiger partial charge on any atom is -0.467 e. The topological polar surface area (TPSA) is 45.4 Å². The Morgan fingerprint density at radius 1 is 1.19 bits per heavy atom. The number of rotatable bonds is 8. The van der Waals surface area contributed by atoms with Gasteiger partial charge in [-0.05, 0) is 37.3 Å². The lowest BCUT2D eigenvalue weighted by Crippen LogP contribution is -2.33. The van der Waals surface area contributed by atoms with Crippen LogP contribution in [0, 0.1) is 0 Å². The van der Waals surface area contributed by atoms with Crippen LogP contribution in [0.15, 0.2) is 53.1 Å². The molecule has 1 aromatic carbocycles. The number of furan rings is 1. The van der Waals surface area contributed by atoms with Crippen LogP contribution in [-0.2, 0) is 0 Å². The van der Waals surface area contributed by atoms with Crippen LogP contribution in [0.5, 0.6) is 0 Å². The molecule has 2 rings (SSSR count). The zero-order chi connectivity index (χ0) is 15.1. The predicted octanol–water partition coefficient (Wildman–Crippen LogP) is 3.79. The van der Waals surface area contributed by atoms with Crippen molar-refractivity contribution >= 4 is 11.8 Å². The average Bonchev–Trinajstić information content (AvgIpc) is 3.02. The van der Waals surface area contributed by atoms with E-state index in [4.69, 9.17) is 4.42 Å². The van der Waals surface area contributed by atoms with Crippen molar-refractivity contribution in [1.82, 2.24) is 5.32 Å². The molecule has 2 aromatic rings. The zero-order valence-electron chi connectivity index (χ0n) is 12.5. The van der Waals surface area contributed by atoms with Gasteiger partial charge in [-0.2, -0.15) is 11.8 Å². The van der Waals surface area contributed by atoms with Gasteiger partial charge in [-0.1, -0.05) is 30.3 Å². The van der Waals surface area contributed by atoms with E-state index in [1.807, 2.05) is 23.9 Å². The Morgan fingerprint density at radius 3 is 2.57 bits per heavy atom. The highest BCUT2D eigenvalue weighted by Crippen LogP contribution is 2.22. The smallest absolute Gasteiger partial charge is 0.132 e. The van der Waals surface area contributed by atoms with Crippen molar-refractivity contribution in [3.63, 3.8) is 0 Å². The van der Waals surface area contributed by atoms with E-state index in [9.17, 15) is 5.11 Å². The lowest BCUT2D eigenvalue weighted by Gasteiger charge is -2.24. The highest BCUT2D eigenvalue weighted by molar-refractivity contribution is 7.98. The third-order valence-corrected chi connectivity index (χ3v) is 4.14. The molecule has 2 N–H and O–H groups in total. The van der Waals surface area contributed by atoms with E-state index in [2.05, 4.69) is 42.8 Å². The van der Waals surface area contributed by atoms with E-state index >= 15 is 0 Å². The van der Waals surface area contributed by atoms with Crippen molar-refractivity contribution in [2.45, 2.75) is 31.5 Å². The Balaban J connectivity index is 1.93. The maximum Gasteiger partial charge on any atom is 0.132 e. The molecule has 4 heteroatoms. The summed E-state index contributed by atoms with van der Waals surface area (Å²) in [6.07, 6.45) is 3.77. The summed E-state index contributed by atoms with van der Waals surface area (Å²) in [7, 11) is 0. The largest absolute Gasteiger partial charge is 0.467 e. The van der Waals surface area contributed by atoms with Gasteiger partial charge in [0.2, 0.25) is 0 Å². The first-order chi connectivity index (χ1) is 10.2. The third kappa shape index (κ3) is 4.92. The predicted molar refractivity (Wildman–Crippen MR) is 88.4 cm³/mol. The van der Waals surface area contributed by atoms with E-state index in [0.717, 1.165) is 5.75 Å². The van der Waals surface area contributed by atoms with Crippen LogP contribution in [0.2, 0.25) is 0 Å². The summed E-state index contributed by atoms with van der Waals surface area (Å²) in [5.74, 6) is 1.63. The summed E-state index contributed by atoms with van der Waals surface area (Å²) in [4.78, 5) is 0. The van der Waals surface area contributed by atoms with Gasteiger partial charge in [0.15, 0.2) is 0 Å². The first-order valence-corrected chi connectivity index (χ1v) is 8.61. The highest BCUT2D eigenvalue weighted by atomic mass is 32.2. The molecule has 1 heterocycles. The number of hydrogen-bond acceptors (Lipinski definition) is 4. The molecular weight excluding hydrogens is 282 g/mol. The summed E-state index contributed by atoms with van der Waals surface area (Å²) in [6.45, 7) is 2.10. The van der Waals surface area contributed by atoms with E-state index in [-0.39, 0.29) is 6.04 Å². The molecular formula is C17H23NO2S. The summed E-state index contributed by atoms with van der Waals surface area (Å²) in [5.41, 5.74) is 1.28. The lowest BCUT2D eigenvalue weighted by molar-refractivity contribution is 0.127. The van der Waals surface area contributed by atoms with Gasteiger partial charge >= 0.3 is 0 Å². The molecule has 0 aliphatic rings. The van der Waals surface area contributed by atoms with E-state index < -0.39 is 6.10 Å². The van der Waals surface area contributed by atoms with Gasteiger partial charge < -0.3 is 14.8 Å². The Morgan fingerprint density at radius 2 is 1.95 bits per heavy atom. The van der Waals surface area contributed by atoms with Crippen LogP contribution in [0.3, 0.4) is 0 Å². The maximum absolute atomic E-state index is 10.2. The van der Waals surface area contributed by atoms with Gasteiger partial charge in [0, 0.05) is 17.8 Å². The first-order valence-electron chi connectivity index (χ1n) is 7.22. The number of hydrogen-bond donors (Lipinski definition) is 2. The fourth-order valence-corrected chi connectivity index (χ4v) is 3.06. The molecule has 0 spiro atoms. The average molecular weight is 305 g/mol. The lowest BCUT2D eigenvalue weighted by atomic mass is 10.0. The molecule has 3 nitrogen and oxygen atoms in total. The Labute approximate surface area is 130 Å². The first kappa shape index (κ1) is 16.1. The van der Waals surface area contributed by atoms with Gasteiger partial charge in [-0.25, -0.2) is 0 Å². The minimum atomic E-state index is -0.562. The number of nitrogens with one attached hydrogen (secondary N) is 1. The zero-order valence-corrected chi connectivity index (χ0v) is 13.3. The molecule has 114 valence electrons. The molecule has 0 radical (unpaired) electrons. The van der Waals surface area contributed by atoms with E-state index in [0.29, 0.717) is 18.2 Å². The normalized spacial score (nSPS) is 15.6. The molecule has 21 heavy (non-hydrogen) atoms. The van der Waals surface area contributed by atoms with Crippen molar-refractivity contribution < 1.29 is 9.52 Å². The van der Waals surface area contributed by atoms with Gasteiger partial charge in [-0.15, -0.1) is 0 Å². The number of thioether (sulfide) groups is 1. The van der Waals surface area contributed by atoms with Crippen LogP contribution in [0.25, 0.3) is 0 Å². The van der Waals surface area contributed by atoms with Gasteiger partial charge in [0.1, 0.15) is 11.9 Å². The molecule has 0 amide bonds. The van der Waals surface area contributed by atoms with Crippen LogP contribution in [0.4, 0.5) is 0 Å². The molecule has 0 aliphatic heterocycles. The maximum atomic E-state index is 10.2.